The predicted octanol–water partition coefficient (Wildman–Crippen LogP) is 2.91. The van der Waals surface area contributed by atoms with Gasteiger partial charge in [0.15, 0.2) is 5.15 Å². The van der Waals surface area contributed by atoms with E-state index < -0.39 is 5.41 Å². The van der Waals surface area contributed by atoms with E-state index in [-0.39, 0.29) is 24.2 Å². The molecule has 180 valence electrons. The van der Waals surface area contributed by atoms with Crippen LogP contribution in [0.3, 0.4) is 0 Å². The Morgan fingerprint density at radius 1 is 1.43 bits per heavy atom. The molecule has 3 aromatic rings. The van der Waals surface area contributed by atoms with E-state index in [9.17, 15) is 15.2 Å². The highest BCUT2D eigenvalue weighted by molar-refractivity contribution is 6.29. The number of hydrogen-bond donors (Lipinski definition) is 3. The Morgan fingerprint density at radius 2 is 2.23 bits per heavy atom. The van der Waals surface area contributed by atoms with Crippen LogP contribution in [0, 0.1) is 11.3 Å². The van der Waals surface area contributed by atoms with E-state index in [0.717, 1.165) is 29.7 Å². The lowest BCUT2D eigenvalue weighted by Crippen LogP contribution is -2.32. The summed E-state index contributed by atoms with van der Waals surface area (Å²) in [5.41, 5.74) is 2.97. The molecule has 10 nitrogen and oxygen atoms in total. The molecular formula is C24H25ClN8O2. The third kappa shape index (κ3) is 4.40. The maximum atomic E-state index is 12.6. The molecule has 0 saturated heterocycles. The molecule has 1 atom stereocenters. The summed E-state index contributed by atoms with van der Waals surface area (Å²) in [6.45, 7) is 2.51. The molecule has 0 spiro atoms. The van der Waals surface area contributed by atoms with Crippen LogP contribution >= 0.6 is 11.6 Å². The fourth-order valence-electron chi connectivity index (χ4n) is 4.27. The SMILES string of the molecule is CN(C(=O)Cn1nc(Cl)cc1Nc1nccc(-c2cc(C#N)c3c(c2)[C@@](C)(CO)CN3)n1)C1CC1. The summed E-state index contributed by atoms with van der Waals surface area (Å²) in [5.74, 6) is 0.742. The molecule has 1 amide bonds. The minimum Gasteiger partial charge on any atom is -0.395 e. The monoisotopic (exact) mass is 492 g/mol. The number of halogens is 1. The minimum absolute atomic E-state index is 0.0443. The van der Waals surface area contributed by atoms with Gasteiger partial charge in [-0.05, 0) is 36.6 Å². The average molecular weight is 493 g/mol. The van der Waals surface area contributed by atoms with E-state index >= 15 is 0 Å². The number of aromatic nitrogens is 4. The second kappa shape index (κ2) is 8.83. The van der Waals surface area contributed by atoms with Crippen molar-refractivity contribution in [1.82, 2.24) is 24.6 Å². The summed E-state index contributed by atoms with van der Waals surface area (Å²) in [6, 6.07) is 9.63. The molecule has 0 bridgehead atoms. The fourth-order valence-corrected chi connectivity index (χ4v) is 4.46. The number of aliphatic hydroxyl groups is 1. The lowest BCUT2D eigenvalue weighted by Gasteiger charge is -2.21. The van der Waals surface area contributed by atoms with Crippen LogP contribution in [-0.4, -0.2) is 61.9 Å². The zero-order chi connectivity index (χ0) is 24.7. The smallest absolute Gasteiger partial charge is 0.244 e. The molecule has 1 saturated carbocycles. The first-order valence-corrected chi connectivity index (χ1v) is 11.7. The van der Waals surface area contributed by atoms with Crippen LogP contribution in [0.15, 0.2) is 30.5 Å². The Morgan fingerprint density at radius 3 is 2.94 bits per heavy atom. The molecule has 1 aromatic carbocycles. The molecule has 1 fully saturated rings. The molecule has 11 heteroatoms. The van der Waals surface area contributed by atoms with Gasteiger partial charge < -0.3 is 20.6 Å². The van der Waals surface area contributed by atoms with Gasteiger partial charge in [0.1, 0.15) is 18.4 Å². The number of amides is 1. The number of benzene rings is 1. The standard InChI is InChI=1S/C24H25ClN8O2/c1-24(13-34)12-28-22-15(10-26)7-14(8-17(22)24)18-5-6-27-23(29-18)30-20-9-19(25)31-33(20)11-21(35)32(2)16-3-4-16/h5-9,16,28,34H,3-4,11-13H2,1-2H3,(H,27,29,30)/t24-/m1/s1. The van der Waals surface area contributed by atoms with E-state index in [1.54, 1.807) is 36.3 Å². The average Bonchev–Trinajstić information content (AvgIpc) is 3.58. The van der Waals surface area contributed by atoms with Crippen molar-refractivity contribution in [3.05, 3.63) is 46.7 Å². The number of likely N-dealkylation sites (N-methyl/N-ethyl adjacent to an activating group) is 1. The second-order valence-electron chi connectivity index (χ2n) is 9.27. The molecule has 2 aliphatic rings. The number of hydrogen-bond acceptors (Lipinski definition) is 8. The molecule has 1 aliphatic carbocycles. The van der Waals surface area contributed by atoms with Gasteiger partial charge in [-0.2, -0.15) is 10.4 Å². The van der Waals surface area contributed by atoms with Crippen LogP contribution in [0.5, 0.6) is 0 Å². The lowest BCUT2D eigenvalue weighted by molar-refractivity contribution is -0.131. The van der Waals surface area contributed by atoms with Gasteiger partial charge in [0.25, 0.3) is 0 Å². The van der Waals surface area contributed by atoms with Crippen molar-refractivity contribution in [1.29, 1.82) is 5.26 Å². The van der Waals surface area contributed by atoms with E-state index in [1.165, 1.54) is 4.68 Å². The van der Waals surface area contributed by atoms with Gasteiger partial charge in [-0.25, -0.2) is 14.6 Å². The van der Waals surface area contributed by atoms with Gasteiger partial charge in [0, 0.05) is 42.9 Å². The van der Waals surface area contributed by atoms with Gasteiger partial charge in [-0.15, -0.1) is 0 Å². The molecule has 35 heavy (non-hydrogen) atoms. The van der Waals surface area contributed by atoms with Crippen molar-refractivity contribution in [2.24, 2.45) is 0 Å². The highest BCUT2D eigenvalue weighted by Gasteiger charge is 2.36. The van der Waals surface area contributed by atoms with E-state index in [0.29, 0.717) is 35.6 Å². The molecule has 0 unspecified atom stereocenters. The van der Waals surface area contributed by atoms with Crippen LogP contribution in [0.25, 0.3) is 11.3 Å². The molecule has 5 rings (SSSR count). The molecule has 1 aliphatic heterocycles. The van der Waals surface area contributed by atoms with Crippen molar-refractivity contribution in [2.75, 3.05) is 30.8 Å². The maximum absolute atomic E-state index is 12.6. The molecule has 3 N–H and O–H groups in total. The van der Waals surface area contributed by atoms with Crippen molar-refractivity contribution < 1.29 is 9.90 Å². The Hall–Kier alpha value is -3.68. The van der Waals surface area contributed by atoms with Gasteiger partial charge in [-0.3, -0.25) is 4.79 Å². The second-order valence-corrected chi connectivity index (χ2v) is 9.65. The van der Waals surface area contributed by atoms with Crippen LogP contribution in [0.4, 0.5) is 17.5 Å². The lowest BCUT2D eigenvalue weighted by atomic mass is 9.83. The summed E-state index contributed by atoms with van der Waals surface area (Å²) in [5, 5.41) is 30.5. The first kappa shape index (κ1) is 23.1. The Balaban J connectivity index is 1.43. The molecular weight excluding hydrogens is 468 g/mol. The van der Waals surface area contributed by atoms with Gasteiger partial charge in [0.05, 0.1) is 23.6 Å². The number of nitrogens with one attached hydrogen (secondary N) is 2. The summed E-state index contributed by atoms with van der Waals surface area (Å²) in [6.07, 6.45) is 3.66. The number of rotatable bonds is 7. The summed E-state index contributed by atoms with van der Waals surface area (Å²) >= 11 is 6.13. The number of nitriles is 1. The molecule has 3 heterocycles. The summed E-state index contributed by atoms with van der Waals surface area (Å²) in [7, 11) is 1.80. The van der Waals surface area contributed by atoms with Crippen molar-refractivity contribution in [2.45, 2.75) is 37.8 Å². The van der Waals surface area contributed by atoms with Crippen molar-refractivity contribution >= 4 is 35.0 Å². The van der Waals surface area contributed by atoms with Crippen LogP contribution in [-0.2, 0) is 16.8 Å². The summed E-state index contributed by atoms with van der Waals surface area (Å²) < 4.78 is 1.50. The topological polar surface area (TPSA) is 132 Å². The highest BCUT2D eigenvalue weighted by Crippen LogP contribution is 2.41. The van der Waals surface area contributed by atoms with E-state index in [4.69, 9.17) is 11.6 Å². The number of carbonyl (C=O) groups is 1. The largest absolute Gasteiger partial charge is 0.395 e. The number of anilines is 3. The number of carbonyl (C=O) groups excluding carboxylic acids is 1. The summed E-state index contributed by atoms with van der Waals surface area (Å²) in [4.78, 5) is 23.3. The van der Waals surface area contributed by atoms with Gasteiger partial charge in [0.2, 0.25) is 11.9 Å². The van der Waals surface area contributed by atoms with Crippen LogP contribution in [0.1, 0.15) is 30.9 Å². The fraction of sp³-hybridized carbons (Fsp3) is 0.375. The zero-order valence-corrected chi connectivity index (χ0v) is 20.2. The normalized spacial score (nSPS) is 18.5. The van der Waals surface area contributed by atoms with E-state index in [1.807, 2.05) is 13.0 Å². The van der Waals surface area contributed by atoms with Crippen LogP contribution in [0.2, 0.25) is 5.15 Å². The molecule has 2 aromatic heterocycles. The molecule has 0 radical (unpaired) electrons. The third-order valence-electron chi connectivity index (χ3n) is 6.63. The highest BCUT2D eigenvalue weighted by atomic mass is 35.5. The van der Waals surface area contributed by atoms with Crippen LogP contribution < -0.4 is 10.6 Å². The first-order chi connectivity index (χ1) is 16.8. The predicted molar refractivity (Wildman–Crippen MR) is 131 cm³/mol. The zero-order valence-electron chi connectivity index (χ0n) is 19.4. The Labute approximate surface area is 207 Å². The van der Waals surface area contributed by atoms with Gasteiger partial charge in [-0.1, -0.05) is 18.5 Å². The number of fused-ring (bicyclic) bond motifs is 1. The Kier molecular flexibility index (Phi) is 5.83. The van der Waals surface area contributed by atoms with E-state index in [2.05, 4.69) is 31.8 Å². The first-order valence-electron chi connectivity index (χ1n) is 11.3. The Bertz CT molecular complexity index is 1350. The number of nitrogens with zero attached hydrogens (tertiary/aromatic N) is 6. The maximum Gasteiger partial charge on any atom is 0.244 e. The van der Waals surface area contributed by atoms with Crippen molar-refractivity contribution in [3.8, 4) is 17.3 Å². The van der Waals surface area contributed by atoms with Gasteiger partial charge >= 0.3 is 0 Å². The van der Waals surface area contributed by atoms with Crippen molar-refractivity contribution in [3.63, 3.8) is 0 Å². The third-order valence-corrected chi connectivity index (χ3v) is 6.81. The quantitative estimate of drug-likeness (QED) is 0.458. The number of aliphatic hydroxyl groups excluding tert-OH is 1. The minimum atomic E-state index is -0.492.